The molecule has 0 fully saturated rings. The number of amides is 1. The highest BCUT2D eigenvalue weighted by molar-refractivity contribution is 5.94. The number of fused-ring (bicyclic) bond motifs is 1. The lowest BCUT2D eigenvalue weighted by molar-refractivity contribution is 0.0938. The van der Waals surface area contributed by atoms with Crippen LogP contribution in [0.1, 0.15) is 21.5 Å². The third-order valence-electron chi connectivity index (χ3n) is 4.58. The highest BCUT2D eigenvalue weighted by Crippen LogP contribution is 2.21. The normalized spacial score (nSPS) is 15.3. The maximum Gasteiger partial charge on any atom is 0.251 e. The molecular formula is C22H21N3O2. The number of para-hydroxylation sites is 1. The first-order chi connectivity index (χ1) is 13.3. The summed E-state index contributed by atoms with van der Waals surface area (Å²) < 4.78 is 5.79. The van der Waals surface area contributed by atoms with Gasteiger partial charge in [0.25, 0.3) is 5.91 Å². The van der Waals surface area contributed by atoms with Crippen LogP contribution >= 0.6 is 0 Å². The molecule has 5 nitrogen and oxygen atoms in total. The van der Waals surface area contributed by atoms with Crippen LogP contribution in [0, 0.1) is 0 Å². The van der Waals surface area contributed by atoms with Crippen molar-refractivity contribution in [2.45, 2.75) is 19.1 Å². The minimum atomic E-state index is -0.0898. The molecule has 0 aliphatic carbocycles. The summed E-state index contributed by atoms with van der Waals surface area (Å²) in [6.07, 6.45) is 4.32. The average Bonchev–Trinajstić information content (AvgIpc) is 2.73. The molecule has 0 saturated carbocycles. The predicted molar refractivity (Wildman–Crippen MR) is 105 cm³/mol. The molecule has 0 radical (unpaired) electrons. The molecule has 136 valence electrons. The van der Waals surface area contributed by atoms with E-state index in [-0.39, 0.29) is 11.9 Å². The Morgan fingerprint density at radius 3 is 2.96 bits per heavy atom. The van der Waals surface area contributed by atoms with Gasteiger partial charge in [-0.15, -0.1) is 0 Å². The number of hydrogen-bond donors (Lipinski definition) is 2. The number of anilines is 1. The van der Waals surface area contributed by atoms with E-state index in [1.54, 1.807) is 24.5 Å². The van der Waals surface area contributed by atoms with Gasteiger partial charge in [0.15, 0.2) is 0 Å². The van der Waals surface area contributed by atoms with E-state index in [0.29, 0.717) is 17.9 Å². The van der Waals surface area contributed by atoms with Crippen molar-refractivity contribution in [2.24, 2.45) is 0 Å². The summed E-state index contributed by atoms with van der Waals surface area (Å²) >= 11 is 0. The van der Waals surface area contributed by atoms with Crippen LogP contribution < -0.4 is 15.4 Å². The Bertz CT molecular complexity index is 928. The molecule has 1 unspecified atom stereocenters. The van der Waals surface area contributed by atoms with Crippen molar-refractivity contribution in [2.75, 3.05) is 11.9 Å². The molecule has 0 saturated heterocycles. The van der Waals surface area contributed by atoms with Gasteiger partial charge in [0.05, 0.1) is 6.04 Å². The van der Waals surface area contributed by atoms with E-state index < -0.39 is 0 Å². The summed E-state index contributed by atoms with van der Waals surface area (Å²) in [5.74, 6) is 0.576. The summed E-state index contributed by atoms with van der Waals surface area (Å²) in [7, 11) is 0. The van der Waals surface area contributed by atoms with E-state index in [1.807, 2.05) is 36.4 Å². The zero-order chi connectivity index (χ0) is 18.5. The molecule has 4 rings (SSSR count). The number of nitrogens with one attached hydrogen (secondary N) is 2. The average molecular weight is 359 g/mol. The molecule has 2 aromatic carbocycles. The minimum absolute atomic E-state index is 0.0624. The molecule has 1 atom stereocenters. The van der Waals surface area contributed by atoms with Gasteiger partial charge in [0.1, 0.15) is 12.4 Å². The van der Waals surface area contributed by atoms with Gasteiger partial charge in [-0.1, -0.05) is 30.3 Å². The molecule has 0 bridgehead atoms. The monoisotopic (exact) mass is 359 g/mol. The largest absolute Gasteiger partial charge is 0.489 e. The molecular weight excluding hydrogens is 338 g/mol. The topological polar surface area (TPSA) is 63.2 Å². The fourth-order valence-electron chi connectivity index (χ4n) is 3.19. The molecule has 1 aliphatic heterocycles. The van der Waals surface area contributed by atoms with E-state index in [2.05, 4.69) is 27.8 Å². The number of hydrogen-bond acceptors (Lipinski definition) is 4. The highest BCUT2D eigenvalue weighted by atomic mass is 16.5. The molecule has 2 heterocycles. The fraction of sp³-hybridized carbons (Fsp3) is 0.182. The molecule has 2 N–H and O–H groups in total. The maximum absolute atomic E-state index is 12.6. The van der Waals surface area contributed by atoms with Crippen molar-refractivity contribution in [1.82, 2.24) is 10.3 Å². The fourth-order valence-corrected chi connectivity index (χ4v) is 3.19. The zero-order valence-electron chi connectivity index (χ0n) is 14.9. The van der Waals surface area contributed by atoms with E-state index >= 15 is 0 Å². The van der Waals surface area contributed by atoms with Gasteiger partial charge in [-0.25, -0.2) is 0 Å². The van der Waals surface area contributed by atoms with Crippen LogP contribution in [-0.2, 0) is 13.0 Å². The van der Waals surface area contributed by atoms with Gasteiger partial charge in [-0.2, -0.15) is 0 Å². The van der Waals surface area contributed by atoms with E-state index in [1.165, 1.54) is 5.56 Å². The summed E-state index contributed by atoms with van der Waals surface area (Å²) in [6.45, 7) is 1.14. The number of ether oxygens (including phenoxy) is 1. The summed E-state index contributed by atoms with van der Waals surface area (Å²) in [4.78, 5) is 16.7. The number of carbonyl (C=O) groups is 1. The van der Waals surface area contributed by atoms with Gasteiger partial charge in [-0.05, 0) is 42.3 Å². The number of rotatable bonds is 5. The van der Waals surface area contributed by atoms with Crippen LogP contribution in [0.5, 0.6) is 5.75 Å². The highest BCUT2D eigenvalue weighted by Gasteiger charge is 2.20. The number of nitrogens with zero attached hydrogens (tertiary/aromatic N) is 1. The first kappa shape index (κ1) is 17.1. The van der Waals surface area contributed by atoms with Crippen molar-refractivity contribution in [3.8, 4) is 5.75 Å². The quantitative estimate of drug-likeness (QED) is 0.733. The standard InChI is InChI=1S/C22H21N3O2/c26-22(25-19-11-17-6-1-2-9-21(17)24-14-19)18-7-3-8-20(12-18)27-15-16-5-4-10-23-13-16/h1-10,12-13,19,24H,11,14-15H2,(H,25,26). The number of aromatic nitrogens is 1. The number of benzene rings is 2. The van der Waals surface area contributed by atoms with Crippen LogP contribution in [0.25, 0.3) is 0 Å². The summed E-state index contributed by atoms with van der Waals surface area (Å²) in [6, 6.07) is 19.3. The van der Waals surface area contributed by atoms with Crippen LogP contribution in [0.4, 0.5) is 5.69 Å². The van der Waals surface area contributed by atoms with Crippen molar-refractivity contribution < 1.29 is 9.53 Å². The second-order valence-corrected chi connectivity index (χ2v) is 6.59. The number of pyridine rings is 1. The Kier molecular flexibility index (Phi) is 5.01. The van der Waals surface area contributed by atoms with E-state index in [4.69, 9.17) is 4.74 Å². The van der Waals surface area contributed by atoms with Crippen LogP contribution in [0.3, 0.4) is 0 Å². The van der Waals surface area contributed by atoms with Gasteiger partial charge >= 0.3 is 0 Å². The van der Waals surface area contributed by atoms with Gasteiger partial charge in [0, 0.05) is 35.8 Å². The van der Waals surface area contributed by atoms with E-state index in [9.17, 15) is 4.79 Å². The molecule has 0 spiro atoms. The molecule has 1 amide bonds. The van der Waals surface area contributed by atoms with Crippen molar-refractivity contribution in [3.63, 3.8) is 0 Å². The van der Waals surface area contributed by atoms with Crippen molar-refractivity contribution in [3.05, 3.63) is 89.7 Å². The molecule has 1 aromatic heterocycles. The van der Waals surface area contributed by atoms with Crippen LogP contribution in [-0.4, -0.2) is 23.5 Å². The minimum Gasteiger partial charge on any atom is -0.489 e. The predicted octanol–water partition coefficient (Wildman–Crippen LogP) is 3.43. The Morgan fingerprint density at radius 1 is 1.15 bits per heavy atom. The van der Waals surface area contributed by atoms with Gasteiger partial charge < -0.3 is 15.4 Å². The van der Waals surface area contributed by atoms with Crippen LogP contribution in [0.2, 0.25) is 0 Å². The Morgan fingerprint density at radius 2 is 2.07 bits per heavy atom. The summed E-state index contributed by atoms with van der Waals surface area (Å²) in [5.41, 5.74) is 3.95. The van der Waals surface area contributed by atoms with Crippen LogP contribution in [0.15, 0.2) is 73.1 Å². The Balaban J connectivity index is 1.38. The van der Waals surface area contributed by atoms with Gasteiger partial charge in [0.2, 0.25) is 0 Å². The lowest BCUT2D eigenvalue weighted by Crippen LogP contribution is -2.43. The second-order valence-electron chi connectivity index (χ2n) is 6.59. The second kappa shape index (κ2) is 7.91. The smallest absolute Gasteiger partial charge is 0.251 e. The third kappa shape index (κ3) is 4.26. The Labute approximate surface area is 158 Å². The van der Waals surface area contributed by atoms with Crippen molar-refractivity contribution in [1.29, 1.82) is 0 Å². The van der Waals surface area contributed by atoms with Gasteiger partial charge in [-0.3, -0.25) is 9.78 Å². The summed E-state index contributed by atoms with van der Waals surface area (Å²) in [5, 5.41) is 6.48. The molecule has 3 aromatic rings. The first-order valence-corrected chi connectivity index (χ1v) is 9.02. The Hall–Kier alpha value is -3.34. The molecule has 1 aliphatic rings. The maximum atomic E-state index is 12.6. The number of carbonyl (C=O) groups excluding carboxylic acids is 1. The first-order valence-electron chi connectivity index (χ1n) is 9.02. The SMILES string of the molecule is O=C(NC1CNc2ccccc2C1)c1cccc(OCc2cccnc2)c1. The third-order valence-corrected chi connectivity index (χ3v) is 4.58. The lowest BCUT2D eigenvalue weighted by atomic mass is 9.99. The molecule has 27 heavy (non-hydrogen) atoms. The zero-order valence-corrected chi connectivity index (χ0v) is 14.9. The van der Waals surface area contributed by atoms with E-state index in [0.717, 1.165) is 24.2 Å². The lowest BCUT2D eigenvalue weighted by Gasteiger charge is -2.27. The molecule has 5 heteroatoms. The van der Waals surface area contributed by atoms with Crippen molar-refractivity contribution >= 4 is 11.6 Å².